The first-order chi connectivity index (χ1) is 12.5. The molecule has 1 heterocycles. The molecule has 1 aromatic heterocycles. The Morgan fingerprint density at radius 3 is 2.35 bits per heavy atom. The van der Waals surface area contributed by atoms with Gasteiger partial charge in [-0.1, -0.05) is 16.9 Å². The highest BCUT2D eigenvalue weighted by atomic mass is 32.2. The molecule has 142 valence electrons. The molecule has 0 atom stereocenters. The largest absolute Gasteiger partial charge is 0.493 e. The molecule has 0 aliphatic rings. The van der Waals surface area contributed by atoms with E-state index in [1.54, 1.807) is 12.1 Å². The minimum absolute atomic E-state index is 0.0316. The Bertz CT molecular complexity index is 726. The van der Waals surface area contributed by atoms with E-state index in [0.717, 1.165) is 0 Å². The molecule has 0 fully saturated rings. The molecule has 1 aromatic carbocycles. The number of thioether (sulfide) groups is 1. The van der Waals surface area contributed by atoms with Gasteiger partial charge in [0, 0.05) is 17.8 Å². The first-order valence-electron chi connectivity index (χ1n) is 7.69. The van der Waals surface area contributed by atoms with E-state index < -0.39 is 0 Å². The highest BCUT2D eigenvalue weighted by Crippen LogP contribution is 2.40. The van der Waals surface area contributed by atoms with Gasteiger partial charge >= 0.3 is 0 Å². The van der Waals surface area contributed by atoms with Gasteiger partial charge in [0.25, 0.3) is 5.19 Å². The van der Waals surface area contributed by atoms with E-state index in [4.69, 9.17) is 18.9 Å². The van der Waals surface area contributed by atoms with Crippen molar-refractivity contribution in [1.29, 1.82) is 0 Å². The van der Waals surface area contributed by atoms with Gasteiger partial charge in [-0.2, -0.15) is 0 Å². The normalized spacial score (nSPS) is 10.5. The number of rotatable bonds is 9. The fraction of sp³-hybridized carbons (Fsp3) is 0.438. The van der Waals surface area contributed by atoms with Crippen LogP contribution in [0.4, 0.5) is 5.69 Å². The third-order valence-electron chi connectivity index (χ3n) is 3.00. The Morgan fingerprint density at radius 1 is 1.15 bits per heavy atom. The third kappa shape index (κ3) is 5.40. The Morgan fingerprint density at radius 2 is 1.81 bits per heavy atom. The van der Waals surface area contributed by atoms with Crippen LogP contribution in [0, 0.1) is 0 Å². The Hall–Kier alpha value is -2.20. The lowest BCUT2D eigenvalue weighted by Crippen LogP contribution is -2.14. The summed E-state index contributed by atoms with van der Waals surface area (Å²) in [5, 5.41) is 11.2. The first kappa shape index (κ1) is 20.1. The summed E-state index contributed by atoms with van der Waals surface area (Å²) in [5.41, 5.74) is 0.547. The predicted molar refractivity (Wildman–Crippen MR) is 101 cm³/mol. The van der Waals surface area contributed by atoms with E-state index in [2.05, 4.69) is 15.5 Å². The van der Waals surface area contributed by atoms with Crippen LogP contribution >= 0.6 is 23.1 Å². The lowest BCUT2D eigenvalue weighted by molar-refractivity contribution is -0.113. The fourth-order valence-electron chi connectivity index (χ4n) is 1.98. The van der Waals surface area contributed by atoms with Crippen molar-refractivity contribution >= 4 is 34.7 Å². The van der Waals surface area contributed by atoms with E-state index in [9.17, 15) is 4.79 Å². The summed E-state index contributed by atoms with van der Waals surface area (Å²) >= 11 is 2.60. The van der Waals surface area contributed by atoms with Crippen LogP contribution in [-0.2, 0) is 4.79 Å². The van der Waals surface area contributed by atoms with Crippen LogP contribution in [0.5, 0.6) is 22.4 Å². The van der Waals surface area contributed by atoms with Crippen LogP contribution in [-0.4, -0.2) is 49.3 Å². The number of ether oxygens (including phenoxy) is 4. The molecular formula is C16H21N3O5S2. The average Bonchev–Trinajstić information content (AvgIpc) is 3.05. The van der Waals surface area contributed by atoms with Gasteiger partial charge < -0.3 is 24.3 Å². The second-order valence-electron chi connectivity index (χ2n) is 5.25. The molecule has 1 amide bonds. The van der Waals surface area contributed by atoms with Crippen LogP contribution in [0.15, 0.2) is 16.5 Å². The molecular weight excluding hydrogens is 378 g/mol. The number of benzene rings is 1. The molecule has 0 radical (unpaired) electrons. The van der Waals surface area contributed by atoms with E-state index in [1.807, 2.05) is 13.8 Å². The molecule has 26 heavy (non-hydrogen) atoms. The summed E-state index contributed by atoms with van der Waals surface area (Å²) < 4.78 is 21.9. The van der Waals surface area contributed by atoms with Crippen molar-refractivity contribution in [1.82, 2.24) is 10.2 Å². The molecule has 2 aromatic rings. The van der Waals surface area contributed by atoms with Crippen LogP contribution in [0.25, 0.3) is 0 Å². The number of aromatic nitrogens is 2. The number of nitrogens with zero attached hydrogens (tertiary/aromatic N) is 2. The zero-order chi connectivity index (χ0) is 19.1. The zero-order valence-corrected chi connectivity index (χ0v) is 16.8. The number of carbonyl (C=O) groups excluding carboxylic acids is 1. The lowest BCUT2D eigenvalue weighted by Gasteiger charge is -2.14. The van der Waals surface area contributed by atoms with Gasteiger partial charge in [0.15, 0.2) is 15.8 Å². The number of methoxy groups -OCH3 is 3. The van der Waals surface area contributed by atoms with Gasteiger partial charge in [0.1, 0.15) is 0 Å². The fourth-order valence-corrected chi connectivity index (χ4v) is 3.59. The van der Waals surface area contributed by atoms with E-state index >= 15 is 0 Å². The summed E-state index contributed by atoms with van der Waals surface area (Å²) in [5.74, 6) is 1.40. The summed E-state index contributed by atoms with van der Waals surface area (Å²) in [6, 6.07) is 3.34. The lowest BCUT2D eigenvalue weighted by atomic mass is 10.2. The Balaban J connectivity index is 1.98. The minimum Gasteiger partial charge on any atom is -0.493 e. The number of anilines is 1. The number of carbonyl (C=O) groups is 1. The van der Waals surface area contributed by atoms with Crippen molar-refractivity contribution in [2.24, 2.45) is 0 Å². The molecule has 0 bridgehead atoms. The molecule has 0 spiro atoms. The van der Waals surface area contributed by atoms with Crippen molar-refractivity contribution in [2.75, 3.05) is 32.4 Å². The molecule has 0 unspecified atom stereocenters. The second kappa shape index (κ2) is 9.48. The van der Waals surface area contributed by atoms with Crippen molar-refractivity contribution in [3.8, 4) is 22.4 Å². The molecule has 2 rings (SSSR count). The van der Waals surface area contributed by atoms with Gasteiger partial charge in [0.2, 0.25) is 11.7 Å². The van der Waals surface area contributed by atoms with Gasteiger partial charge in [-0.05, 0) is 25.2 Å². The maximum Gasteiger partial charge on any atom is 0.295 e. The van der Waals surface area contributed by atoms with Gasteiger partial charge in [-0.25, -0.2) is 0 Å². The molecule has 8 nitrogen and oxygen atoms in total. The quantitative estimate of drug-likeness (QED) is 0.643. The predicted octanol–water partition coefficient (Wildman–Crippen LogP) is 3.08. The number of amides is 1. The minimum atomic E-state index is -0.189. The summed E-state index contributed by atoms with van der Waals surface area (Å²) in [4.78, 5) is 12.2. The number of hydrogen-bond acceptors (Lipinski definition) is 9. The molecule has 10 heteroatoms. The van der Waals surface area contributed by atoms with Crippen LogP contribution < -0.4 is 24.3 Å². The van der Waals surface area contributed by atoms with Crippen molar-refractivity contribution in [2.45, 2.75) is 24.3 Å². The van der Waals surface area contributed by atoms with Crippen LogP contribution in [0.1, 0.15) is 13.8 Å². The molecule has 0 saturated heterocycles. The van der Waals surface area contributed by atoms with E-state index in [1.165, 1.54) is 44.4 Å². The monoisotopic (exact) mass is 399 g/mol. The summed E-state index contributed by atoms with van der Waals surface area (Å²) in [6.07, 6.45) is 0.0316. The van der Waals surface area contributed by atoms with Gasteiger partial charge in [-0.15, -0.1) is 5.10 Å². The van der Waals surface area contributed by atoms with Crippen molar-refractivity contribution in [3.63, 3.8) is 0 Å². The molecule has 0 saturated carbocycles. The number of hydrogen-bond donors (Lipinski definition) is 1. The maximum absolute atomic E-state index is 12.2. The topological polar surface area (TPSA) is 91.8 Å². The van der Waals surface area contributed by atoms with Gasteiger partial charge in [0.05, 0.1) is 33.2 Å². The maximum atomic E-state index is 12.2. The Kier molecular flexibility index (Phi) is 7.34. The summed E-state index contributed by atoms with van der Waals surface area (Å²) in [7, 11) is 4.56. The standard InChI is InChI=1S/C16H21N3O5S2/c1-9(2)24-15-18-19-16(26-15)25-8-13(20)17-10-6-11(21-3)14(23-5)12(7-10)22-4/h6-7,9H,8H2,1-5H3,(H,17,20). The first-order valence-corrected chi connectivity index (χ1v) is 9.49. The van der Waals surface area contributed by atoms with E-state index in [-0.39, 0.29) is 17.8 Å². The van der Waals surface area contributed by atoms with Crippen LogP contribution in [0.2, 0.25) is 0 Å². The van der Waals surface area contributed by atoms with Gasteiger partial charge in [-0.3, -0.25) is 4.79 Å². The molecule has 0 aliphatic carbocycles. The van der Waals surface area contributed by atoms with Crippen LogP contribution in [0.3, 0.4) is 0 Å². The highest BCUT2D eigenvalue weighted by Gasteiger charge is 2.15. The highest BCUT2D eigenvalue weighted by molar-refractivity contribution is 8.01. The van der Waals surface area contributed by atoms with Crippen molar-refractivity contribution in [3.05, 3.63) is 12.1 Å². The summed E-state index contributed by atoms with van der Waals surface area (Å²) in [6.45, 7) is 3.83. The Labute approximate surface area is 160 Å². The van der Waals surface area contributed by atoms with E-state index in [0.29, 0.717) is 32.5 Å². The number of nitrogens with one attached hydrogen (secondary N) is 1. The smallest absolute Gasteiger partial charge is 0.295 e. The molecule has 1 N–H and O–H groups in total. The average molecular weight is 399 g/mol. The third-order valence-corrected chi connectivity index (χ3v) is 4.95. The zero-order valence-electron chi connectivity index (χ0n) is 15.2. The SMILES string of the molecule is COc1cc(NC(=O)CSc2nnc(OC(C)C)s2)cc(OC)c1OC. The van der Waals surface area contributed by atoms with Crippen molar-refractivity contribution < 1.29 is 23.7 Å². The molecule has 0 aliphatic heterocycles. The second-order valence-corrected chi connectivity index (χ2v) is 7.41.